The Morgan fingerprint density at radius 2 is 1.83 bits per heavy atom. The van der Waals surface area contributed by atoms with Crippen molar-refractivity contribution in [1.82, 2.24) is 19.9 Å². The fourth-order valence-electron chi connectivity index (χ4n) is 2.95. The van der Waals surface area contributed by atoms with Gasteiger partial charge in [0.25, 0.3) is 5.71 Å². The van der Waals surface area contributed by atoms with Gasteiger partial charge in [-0.1, -0.05) is 0 Å². The molecule has 0 bridgehead atoms. The lowest BCUT2D eigenvalue weighted by Crippen LogP contribution is -2.10. The molecule has 1 aromatic carbocycles. The van der Waals surface area contributed by atoms with Gasteiger partial charge in [0.1, 0.15) is 17.0 Å². The zero-order chi connectivity index (χ0) is 21.3. The summed E-state index contributed by atoms with van der Waals surface area (Å²) in [5.74, 6) is 0.376. The molecule has 0 radical (unpaired) electrons. The van der Waals surface area contributed by atoms with Gasteiger partial charge in [-0.3, -0.25) is 4.98 Å². The van der Waals surface area contributed by atoms with E-state index in [1.54, 1.807) is 12.3 Å². The summed E-state index contributed by atoms with van der Waals surface area (Å²) in [6, 6.07) is 7.37. The largest absolute Gasteiger partial charge is 0.481 e. The van der Waals surface area contributed by atoms with Gasteiger partial charge in [-0.15, -0.1) is 0 Å². The van der Waals surface area contributed by atoms with Crippen molar-refractivity contribution in [3.05, 3.63) is 53.5 Å². The average molecular weight is 406 g/mol. The number of oxazole rings is 1. The van der Waals surface area contributed by atoms with Crippen LogP contribution in [0.2, 0.25) is 0 Å². The standard InChI is InChI=1S/C21H18N4O5/c1-11-6-14(7-12(2)18(11)28-10-17(26)27)19-24-16-9-23-21(25-20(16)30-19)29-15-5-4-13(3)22-8-15/h4-9H,10H2,1-3H3,(H,26,27). The van der Waals surface area contributed by atoms with Crippen LogP contribution >= 0.6 is 0 Å². The Bertz CT molecular complexity index is 1210. The number of pyridine rings is 1. The molecule has 0 atom stereocenters. The zero-order valence-electron chi connectivity index (χ0n) is 16.5. The highest BCUT2D eigenvalue weighted by molar-refractivity contribution is 5.73. The van der Waals surface area contributed by atoms with Crippen LogP contribution < -0.4 is 9.47 Å². The number of rotatable bonds is 6. The van der Waals surface area contributed by atoms with E-state index in [1.165, 1.54) is 6.20 Å². The summed E-state index contributed by atoms with van der Waals surface area (Å²) >= 11 is 0. The zero-order valence-corrected chi connectivity index (χ0v) is 16.5. The summed E-state index contributed by atoms with van der Waals surface area (Å²) < 4.78 is 16.8. The fraction of sp³-hybridized carbons (Fsp3) is 0.190. The minimum absolute atomic E-state index is 0.126. The third-order valence-electron chi connectivity index (χ3n) is 4.27. The van der Waals surface area contributed by atoms with Crippen LogP contribution in [0.3, 0.4) is 0 Å². The molecule has 9 heteroatoms. The third kappa shape index (κ3) is 4.04. The van der Waals surface area contributed by atoms with Crippen molar-refractivity contribution in [2.75, 3.05) is 6.61 Å². The molecule has 9 nitrogen and oxygen atoms in total. The second-order valence-electron chi connectivity index (χ2n) is 6.72. The lowest BCUT2D eigenvalue weighted by atomic mass is 10.1. The maximum Gasteiger partial charge on any atom is 0.341 e. The van der Waals surface area contributed by atoms with Gasteiger partial charge in [0.2, 0.25) is 5.89 Å². The monoisotopic (exact) mass is 406 g/mol. The van der Waals surface area contributed by atoms with Crippen LogP contribution in [0, 0.1) is 20.8 Å². The third-order valence-corrected chi connectivity index (χ3v) is 4.27. The molecule has 0 spiro atoms. The normalized spacial score (nSPS) is 10.9. The van der Waals surface area contributed by atoms with Crippen LogP contribution in [-0.2, 0) is 4.79 Å². The first-order valence-electron chi connectivity index (χ1n) is 9.09. The van der Waals surface area contributed by atoms with E-state index in [9.17, 15) is 4.79 Å². The van der Waals surface area contributed by atoms with Crippen molar-refractivity contribution < 1.29 is 23.8 Å². The van der Waals surface area contributed by atoms with Crippen molar-refractivity contribution in [2.45, 2.75) is 20.8 Å². The first-order valence-corrected chi connectivity index (χ1v) is 9.09. The maximum absolute atomic E-state index is 10.8. The Labute approximate surface area is 171 Å². The van der Waals surface area contributed by atoms with E-state index < -0.39 is 12.6 Å². The van der Waals surface area contributed by atoms with Gasteiger partial charge in [-0.25, -0.2) is 14.8 Å². The topological polar surface area (TPSA) is 120 Å². The molecule has 3 heterocycles. The van der Waals surface area contributed by atoms with Crippen LogP contribution in [0.25, 0.3) is 22.7 Å². The number of fused-ring (bicyclic) bond motifs is 1. The number of aliphatic carboxylic acids is 1. The number of nitrogens with zero attached hydrogens (tertiary/aromatic N) is 4. The lowest BCUT2D eigenvalue weighted by Gasteiger charge is -2.11. The van der Waals surface area contributed by atoms with Gasteiger partial charge >= 0.3 is 12.0 Å². The Morgan fingerprint density at radius 3 is 2.50 bits per heavy atom. The van der Waals surface area contributed by atoms with E-state index in [0.717, 1.165) is 22.4 Å². The number of carboxylic acid groups (broad SMARTS) is 1. The molecule has 3 aromatic heterocycles. The van der Waals surface area contributed by atoms with Gasteiger partial charge in [0.15, 0.2) is 6.61 Å². The molecule has 0 saturated carbocycles. The number of hydrogen-bond acceptors (Lipinski definition) is 8. The molecule has 30 heavy (non-hydrogen) atoms. The number of hydrogen-bond donors (Lipinski definition) is 1. The predicted octanol–water partition coefficient (Wildman–Crippen LogP) is 3.86. The number of aryl methyl sites for hydroxylation is 3. The Kier molecular flexibility index (Phi) is 5.01. The van der Waals surface area contributed by atoms with E-state index in [2.05, 4.69) is 19.9 Å². The number of carboxylic acids is 1. The van der Waals surface area contributed by atoms with Crippen LogP contribution in [0.1, 0.15) is 16.8 Å². The number of ether oxygens (including phenoxy) is 2. The fourth-order valence-corrected chi connectivity index (χ4v) is 2.95. The quantitative estimate of drug-likeness (QED) is 0.509. The summed E-state index contributed by atoms with van der Waals surface area (Å²) in [7, 11) is 0. The number of benzene rings is 1. The average Bonchev–Trinajstić information content (AvgIpc) is 3.12. The molecular weight excluding hydrogens is 388 g/mol. The smallest absolute Gasteiger partial charge is 0.341 e. The summed E-state index contributed by atoms with van der Waals surface area (Å²) in [5.41, 5.74) is 3.92. The molecule has 4 rings (SSSR count). The summed E-state index contributed by atoms with van der Waals surface area (Å²) in [4.78, 5) is 27.8. The van der Waals surface area contributed by atoms with E-state index >= 15 is 0 Å². The molecule has 0 aliphatic heterocycles. The minimum atomic E-state index is -1.03. The van der Waals surface area contributed by atoms with Crippen LogP contribution in [0.5, 0.6) is 17.5 Å². The van der Waals surface area contributed by atoms with E-state index in [0.29, 0.717) is 22.9 Å². The molecule has 0 fully saturated rings. The van der Waals surface area contributed by atoms with Crippen molar-refractivity contribution in [1.29, 1.82) is 0 Å². The highest BCUT2D eigenvalue weighted by Gasteiger charge is 2.15. The Morgan fingerprint density at radius 1 is 1.07 bits per heavy atom. The molecule has 1 N–H and O–H groups in total. The first kappa shape index (κ1) is 19.3. The lowest BCUT2D eigenvalue weighted by molar-refractivity contribution is -0.139. The predicted molar refractivity (Wildman–Crippen MR) is 107 cm³/mol. The summed E-state index contributed by atoms with van der Waals surface area (Å²) in [5, 5.41) is 8.82. The molecule has 0 unspecified atom stereocenters. The molecule has 0 aliphatic rings. The molecule has 0 aliphatic carbocycles. The highest BCUT2D eigenvalue weighted by atomic mass is 16.5. The van der Waals surface area contributed by atoms with E-state index in [1.807, 2.05) is 39.0 Å². The van der Waals surface area contributed by atoms with Gasteiger partial charge in [-0.05, 0) is 56.2 Å². The molecular formula is C21H18N4O5. The first-order chi connectivity index (χ1) is 14.4. The molecule has 152 valence electrons. The highest BCUT2D eigenvalue weighted by Crippen LogP contribution is 2.31. The van der Waals surface area contributed by atoms with Gasteiger partial charge < -0.3 is 19.0 Å². The number of aromatic nitrogens is 4. The van der Waals surface area contributed by atoms with Crippen molar-refractivity contribution in [3.8, 4) is 29.0 Å². The van der Waals surface area contributed by atoms with Crippen LogP contribution in [-0.4, -0.2) is 37.6 Å². The van der Waals surface area contributed by atoms with Crippen LogP contribution in [0.15, 0.2) is 41.1 Å². The molecule has 0 amide bonds. The molecule has 0 saturated heterocycles. The Balaban J connectivity index is 1.62. The van der Waals surface area contributed by atoms with Gasteiger partial charge in [0.05, 0.1) is 12.4 Å². The van der Waals surface area contributed by atoms with Crippen molar-refractivity contribution in [3.63, 3.8) is 0 Å². The van der Waals surface area contributed by atoms with E-state index in [4.69, 9.17) is 19.0 Å². The van der Waals surface area contributed by atoms with Gasteiger partial charge in [0, 0.05) is 11.3 Å². The summed E-state index contributed by atoms with van der Waals surface area (Å²) in [6.45, 7) is 5.14. The second-order valence-corrected chi connectivity index (χ2v) is 6.72. The molecule has 4 aromatic rings. The van der Waals surface area contributed by atoms with Crippen molar-refractivity contribution in [2.24, 2.45) is 0 Å². The van der Waals surface area contributed by atoms with Gasteiger partial charge in [-0.2, -0.15) is 4.98 Å². The summed E-state index contributed by atoms with van der Waals surface area (Å²) in [6.07, 6.45) is 3.12. The number of carbonyl (C=O) groups is 1. The van der Waals surface area contributed by atoms with E-state index in [-0.39, 0.29) is 11.7 Å². The maximum atomic E-state index is 10.8. The SMILES string of the molecule is Cc1ccc(Oc2ncc3nc(-c4cc(C)c(OCC(=O)O)c(C)c4)oc3n2)cn1. The van der Waals surface area contributed by atoms with Crippen LogP contribution in [0.4, 0.5) is 0 Å². The minimum Gasteiger partial charge on any atom is -0.481 e. The van der Waals surface area contributed by atoms with Crippen molar-refractivity contribution >= 4 is 17.2 Å². The Hall–Kier alpha value is -4.01. The second kappa shape index (κ2) is 7.78.